The van der Waals surface area contributed by atoms with Crippen molar-refractivity contribution in [2.75, 3.05) is 6.61 Å². The predicted octanol–water partition coefficient (Wildman–Crippen LogP) is 2.06. The van der Waals surface area contributed by atoms with Crippen molar-refractivity contribution in [2.24, 2.45) is 0 Å². The maximum Gasteiger partial charge on any atom is 0.191 e. The van der Waals surface area contributed by atoms with Gasteiger partial charge in [0, 0.05) is 6.61 Å². The lowest BCUT2D eigenvalue weighted by molar-refractivity contribution is 0.308. The van der Waals surface area contributed by atoms with Gasteiger partial charge in [0.1, 0.15) is 7.85 Å². The molecule has 0 aliphatic carbocycles. The zero-order chi connectivity index (χ0) is 9.12. The van der Waals surface area contributed by atoms with Gasteiger partial charge in [-0.25, -0.2) is 0 Å². The maximum absolute atomic E-state index is 5.88. The maximum atomic E-state index is 5.88. The Labute approximate surface area is 73.1 Å². The van der Waals surface area contributed by atoms with Crippen LogP contribution in [-0.4, -0.2) is 22.8 Å². The molecular weight excluding hydrogens is 151 g/mol. The summed E-state index contributed by atoms with van der Waals surface area (Å²) in [6.07, 6.45) is 1.13. The molecule has 0 saturated heterocycles. The summed E-state index contributed by atoms with van der Waals surface area (Å²) in [5.41, 5.74) is 0. The summed E-state index contributed by atoms with van der Waals surface area (Å²) in [6.45, 7) is 12.3. The topological polar surface area (TPSA) is 9.23 Å². The highest BCUT2D eigenvalue weighted by Gasteiger charge is 2.36. The minimum absolute atomic E-state index is 0.363. The molecule has 0 radical (unpaired) electrons. The highest BCUT2D eigenvalue weighted by molar-refractivity contribution is 6.74. The van der Waals surface area contributed by atoms with Crippen LogP contribution < -0.4 is 0 Å². The average molecular weight is 172 g/mol. The van der Waals surface area contributed by atoms with E-state index in [1.807, 2.05) is 0 Å². The lowest BCUT2D eigenvalue weighted by Crippen LogP contribution is -2.40. The Bertz CT molecular complexity index is 118. The van der Waals surface area contributed by atoms with Crippen LogP contribution >= 0.6 is 0 Å². The molecule has 0 rings (SSSR count). The second-order valence-electron chi connectivity index (χ2n) is 4.61. The van der Waals surface area contributed by atoms with Crippen molar-refractivity contribution < 1.29 is 4.43 Å². The largest absolute Gasteiger partial charge is 0.418 e. The van der Waals surface area contributed by atoms with Crippen LogP contribution in [0.1, 0.15) is 20.8 Å². The van der Waals surface area contributed by atoms with Crippen LogP contribution in [0.25, 0.3) is 0 Å². The molecule has 0 aromatic heterocycles. The second kappa shape index (κ2) is 3.77. The Morgan fingerprint density at radius 2 is 1.73 bits per heavy atom. The Morgan fingerprint density at radius 1 is 1.27 bits per heavy atom. The van der Waals surface area contributed by atoms with Gasteiger partial charge < -0.3 is 4.43 Å². The van der Waals surface area contributed by atoms with E-state index in [1.165, 1.54) is 0 Å². The smallest absolute Gasteiger partial charge is 0.191 e. The Hall–Kier alpha value is 0.242. The minimum Gasteiger partial charge on any atom is -0.418 e. The molecule has 0 aromatic rings. The molecule has 0 N–H and O–H groups in total. The van der Waals surface area contributed by atoms with Crippen LogP contribution in [0.3, 0.4) is 0 Å². The Morgan fingerprint density at radius 3 is 2.00 bits per heavy atom. The van der Waals surface area contributed by atoms with Gasteiger partial charge in [-0.3, -0.25) is 0 Å². The highest BCUT2D eigenvalue weighted by atomic mass is 28.4. The molecule has 0 amide bonds. The molecule has 0 bridgehead atoms. The summed E-state index contributed by atoms with van der Waals surface area (Å²) in [5, 5.41) is 0.363. The Balaban J connectivity index is 4.00. The first-order chi connectivity index (χ1) is 4.81. The molecule has 0 aromatic carbocycles. The molecule has 66 valence electrons. The third-order valence-electron chi connectivity index (χ3n) is 2.47. The van der Waals surface area contributed by atoms with E-state index in [-0.39, 0.29) is 0 Å². The van der Waals surface area contributed by atoms with Gasteiger partial charge in [0.2, 0.25) is 0 Å². The summed E-state index contributed by atoms with van der Waals surface area (Å²) in [5.74, 6) is 0. The summed E-state index contributed by atoms with van der Waals surface area (Å²) in [4.78, 5) is 0. The molecule has 0 fully saturated rings. The molecule has 0 aliphatic rings. The van der Waals surface area contributed by atoms with E-state index in [0.717, 1.165) is 12.9 Å². The van der Waals surface area contributed by atoms with Crippen LogP contribution in [0.5, 0.6) is 0 Å². The van der Waals surface area contributed by atoms with Crippen molar-refractivity contribution in [3.8, 4) is 0 Å². The van der Waals surface area contributed by atoms with E-state index < -0.39 is 8.32 Å². The molecule has 0 unspecified atom stereocenters. The van der Waals surface area contributed by atoms with E-state index in [4.69, 9.17) is 4.43 Å². The summed E-state index contributed by atoms with van der Waals surface area (Å²) >= 11 is 0. The van der Waals surface area contributed by atoms with E-state index in [2.05, 4.69) is 41.7 Å². The quantitative estimate of drug-likeness (QED) is 0.592. The van der Waals surface area contributed by atoms with E-state index in [0.29, 0.717) is 5.04 Å². The third kappa shape index (κ3) is 3.43. The first-order valence-electron chi connectivity index (χ1n) is 4.45. The van der Waals surface area contributed by atoms with Gasteiger partial charge >= 0.3 is 0 Å². The van der Waals surface area contributed by atoms with Gasteiger partial charge in [-0.1, -0.05) is 27.1 Å². The standard InChI is InChI=1S/C8H21BOSi/c1-8(2,3)11(4,5)10-7-6-9/h6-7,9H2,1-5H3. The van der Waals surface area contributed by atoms with Crippen LogP contribution in [0.4, 0.5) is 0 Å². The summed E-state index contributed by atoms with van der Waals surface area (Å²) in [7, 11) is 0.734. The third-order valence-corrected chi connectivity index (χ3v) is 7.01. The number of hydrogen-bond acceptors (Lipinski definition) is 1. The number of hydrogen-bond donors (Lipinski definition) is 0. The van der Waals surface area contributed by atoms with Crippen LogP contribution in [0.15, 0.2) is 0 Å². The van der Waals surface area contributed by atoms with Gasteiger partial charge in [0.05, 0.1) is 0 Å². The van der Waals surface area contributed by atoms with E-state index >= 15 is 0 Å². The monoisotopic (exact) mass is 172 g/mol. The molecular formula is C8H21BOSi. The van der Waals surface area contributed by atoms with Crippen LogP contribution in [0.2, 0.25) is 24.5 Å². The van der Waals surface area contributed by atoms with Crippen LogP contribution in [0, 0.1) is 0 Å². The first-order valence-corrected chi connectivity index (χ1v) is 7.36. The summed E-state index contributed by atoms with van der Waals surface area (Å²) in [6, 6.07) is 0. The van der Waals surface area contributed by atoms with Crippen molar-refractivity contribution >= 4 is 16.2 Å². The molecule has 0 spiro atoms. The van der Waals surface area contributed by atoms with Gasteiger partial charge in [0.15, 0.2) is 8.32 Å². The van der Waals surface area contributed by atoms with Crippen molar-refractivity contribution in [3.63, 3.8) is 0 Å². The number of rotatable bonds is 3. The second-order valence-corrected chi connectivity index (χ2v) is 9.42. The van der Waals surface area contributed by atoms with Gasteiger partial charge in [-0.05, 0) is 18.1 Å². The lowest BCUT2D eigenvalue weighted by Gasteiger charge is -2.36. The fourth-order valence-corrected chi connectivity index (χ4v) is 1.72. The fourth-order valence-electron chi connectivity index (χ4n) is 0.574. The van der Waals surface area contributed by atoms with E-state index in [1.54, 1.807) is 0 Å². The molecule has 0 atom stereocenters. The van der Waals surface area contributed by atoms with E-state index in [9.17, 15) is 0 Å². The SMILES string of the molecule is BCCO[Si](C)(C)C(C)(C)C. The first kappa shape index (κ1) is 11.2. The average Bonchev–Trinajstić information content (AvgIpc) is 1.81. The molecule has 0 saturated carbocycles. The molecule has 0 aliphatic heterocycles. The van der Waals surface area contributed by atoms with Crippen LogP contribution in [-0.2, 0) is 4.43 Å². The van der Waals surface area contributed by atoms with Crippen molar-refractivity contribution in [1.29, 1.82) is 0 Å². The van der Waals surface area contributed by atoms with Gasteiger partial charge in [-0.2, -0.15) is 0 Å². The Kier molecular flexibility index (Phi) is 3.85. The molecule has 0 heterocycles. The van der Waals surface area contributed by atoms with Gasteiger partial charge in [0.25, 0.3) is 0 Å². The molecule has 11 heavy (non-hydrogen) atoms. The summed E-state index contributed by atoms with van der Waals surface area (Å²) < 4.78 is 5.88. The molecule has 1 nitrogen and oxygen atoms in total. The lowest BCUT2D eigenvalue weighted by atomic mass is 10.1. The molecule has 3 heteroatoms. The van der Waals surface area contributed by atoms with Gasteiger partial charge in [-0.15, -0.1) is 0 Å². The van der Waals surface area contributed by atoms with Crippen molar-refractivity contribution in [3.05, 3.63) is 0 Å². The normalized spacial score (nSPS) is 13.5. The van der Waals surface area contributed by atoms with Crippen molar-refractivity contribution in [2.45, 2.75) is 45.2 Å². The van der Waals surface area contributed by atoms with Crippen molar-refractivity contribution in [1.82, 2.24) is 0 Å². The zero-order valence-corrected chi connectivity index (χ0v) is 9.82. The minimum atomic E-state index is -1.43. The predicted molar refractivity (Wildman–Crippen MR) is 56.5 cm³/mol. The highest BCUT2D eigenvalue weighted by Crippen LogP contribution is 2.36. The zero-order valence-electron chi connectivity index (χ0n) is 8.82. The fraction of sp³-hybridized carbons (Fsp3) is 1.00.